The van der Waals surface area contributed by atoms with E-state index in [-0.39, 0.29) is 0 Å². The summed E-state index contributed by atoms with van der Waals surface area (Å²) in [6, 6.07) is 8.18. The topological polar surface area (TPSA) is 18.5 Å². The Bertz CT molecular complexity index is 423. The first-order valence-corrected chi connectivity index (χ1v) is 8.13. The van der Waals surface area contributed by atoms with Crippen LogP contribution in [-0.4, -0.2) is 50.7 Å². The van der Waals surface area contributed by atoms with E-state index < -0.39 is 0 Å². The van der Waals surface area contributed by atoms with E-state index >= 15 is 0 Å². The van der Waals surface area contributed by atoms with E-state index in [0.717, 1.165) is 37.1 Å². The Kier molecular flexibility index (Phi) is 4.81. The van der Waals surface area contributed by atoms with E-state index in [1.165, 1.54) is 38.2 Å². The molecule has 110 valence electrons. The van der Waals surface area contributed by atoms with Crippen LogP contribution < -0.4 is 10.2 Å². The number of piperazine rings is 1. The summed E-state index contributed by atoms with van der Waals surface area (Å²) in [6.45, 7) is 8.14. The lowest BCUT2D eigenvalue weighted by atomic mass is 9.99. The molecule has 0 aromatic heterocycles. The molecular weight excluding hydrogens is 270 g/mol. The minimum Gasteiger partial charge on any atom is -0.368 e. The number of para-hydroxylation sites is 1. The van der Waals surface area contributed by atoms with Crippen LogP contribution in [0.5, 0.6) is 0 Å². The lowest BCUT2D eigenvalue weighted by Crippen LogP contribution is -2.49. The second kappa shape index (κ2) is 6.79. The van der Waals surface area contributed by atoms with Crippen LogP contribution in [0.15, 0.2) is 24.3 Å². The zero-order valence-corrected chi connectivity index (χ0v) is 12.8. The van der Waals surface area contributed by atoms with Crippen molar-refractivity contribution in [3.63, 3.8) is 0 Å². The van der Waals surface area contributed by atoms with Crippen molar-refractivity contribution in [3.05, 3.63) is 29.3 Å². The highest BCUT2D eigenvalue weighted by molar-refractivity contribution is 6.33. The van der Waals surface area contributed by atoms with Crippen LogP contribution in [-0.2, 0) is 0 Å². The molecule has 2 heterocycles. The number of hydrogen-bond donors (Lipinski definition) is 1. The Morgan fingerprint density at radius 1 is 1.15 bits per heavy atom. The smallest absolute Gasteiger partial charge is 0.0639 e. The molecule has 1 aromatic carbocycles. The van der Waals surface area contributed by atoms with Crippen LogP contribution in [0.3, 0.4) is 0 Å². The molecule has 20 heavy (non-hydrogen) atoms. The van der Waals surface area contributed by atoms with Gasteiger partial charge in [0.05, 0.1) is 10.7 Å². The van der Waals surface area contributed by atoms with Crippen LogP contribution in [0.4, 0.5) is 5.69 Å². The van der Waals surface area contributed by atoms with E-state index in [0.29, 0.717) is 0 Å². The summed E-state index contributed by atoms with van der Waals surface area (Å²) >= 11 is 6.29. The second-order valence-electron chi connectivity index (χ2n) is 5.95. The molecule has 0 saturated carbocycles. The Labute approximate surface area is 126 Å². The van der Waals surface area contributed by atoms with Gasteiger partial charge < -0.3 is 10.2 Å². The molecule has 2 fully saturated rings. The van der Waals surface area contributed by atoms with Gasteiger partial charge in [-0.2, -0.15) is 0 Å². The number of piperidine rings is 1. The van der Waals surface area contributed by atoms with Crippen molar-refractivity contribution < 1.29 is 0 Å². The average Bonchev–Trinajstić information content (AvgIpc) is 2.50. The fraction of sp³-hybridized carbons (Fsp3) is 0.625. The van der Waals surface area contributed by atoms with Crippen LogP contribution in [0.1, 0.15) is 12.8 Å². The molecule has 0 bridgehead atoms. The van der Waals surface area contributed by atoms with Crippen molar-refractivity contribution in [3.8, 4) is 0 Å². The average molecular weight is 294 g/mol. The number of benzene rings is 1. The van der Waals surface area contributed by atoms with Crippen LogP contribution in [0.25, 0.3) is 0 Å². The van der Waals surface area contributed by atoms with Gasteiger partial charge in [-0.15, -0.1) is 0 Å². The zero-order chi connectivity index (χ0) is 13.8. The van der Waals surface area contributed by atoms with E-state index in [2.05, 4.69) is 27.2 Å². The van der Waals surface area contributed by atoms with Gasteiger partial charge in [-0.3, -0.25) is 4.90 Å². The normalized spacial score (nSPS) is 24.9. The first kappa shape index (κ1) is 14.2. The van der Waals surface area contributed by atoms with Gasteiger partial charge in [0.15, 0.2) is 0 Å². The molecule has 0 radical (unpaired) electrons. The summed E-state index contributed by atoms with van der Waals surface area (Å²) in [5.74, 6) is 0.843. The predicted octanol–water partition coefficient (Wildman–Crippen LogP) is 2.46. The monoisotopic (exact) mass is 293 g/mol. The summed E-state index contributed by atoms with van der Waals surface area (Å²) in [7, 11) is 0. The maximum absolute atomic E-state index is 6.29. The summed E-state index contributed by atoms with van der Waals surface area (Å²) < 4.78 is 0. The van der Waals surface area contributed by atoms with Gasteiger partial charge in [-0.1, -0.05) is 23.7 Å². The molecule has 0 aliphatic carbocycles. The zero-order valence-electron chi connectivity index (χ0n) is 12.0. The van der Waals surface area contributed by atoms with Crippen LogP contribution >= 0.6 is 11.6 Å². The van der Waals surface area contributed by atoms with Gasteiger partial charge in [0.2, 0.25) is 0 Å². The predicted molar refractivity (Wildman–Crippen MR) is 85.7 cm³/mol. The molecule has 3 nitrogen and oxygen atoms in total. The maximum Gasteiger partial charge on any atom is 0.0639 e. The fourth-order valence-corrected chi connectivity index (χ4v) is 3.58. The number of anilines is 1. The third-order valence-electron chi connectivity index (χ3n) is 4.48. The third-order valence-corrected chi connectivity index (χ3v) is 4.80. The Morgan fingerprint density at radius 3 is 2.65 bits per heavy atom. The molecule has 2 saturated heterocycles. The van der Waals surface area contributed by atoms with E-state index in [1.807, 2.05) is 12.1 Å². The fourth-order valence-electron chi connectivity index (χ4n) is 3.32. The molecule has 0 spiro atoms. The Hall–Kier alpha value is -0.770. The molecule has 2 aliphatic rings. The standard InChI is InChI=1S/C16H24ClN3/c17-15-5-1-2-6-16(15)20-10-8-19(9-11-20)13-14-4-3-7-18-12-14/h1-2,5-6,14,18H,3-4,7-13H2. The highest BCUT2D eigenvalue weighted by atomic mass is 35.5. The summed E-state index contributed by atoms with van der Waals surface area (Å²) in [5.41, 5.74) is 1.19. The van der Waals surface area contributed by atoms with E-state index in [4.69, 9.17) is 11.6 Å². The summed E-state index contributed by atoms with van der Waals surface area (Å²) in [4.78, 5) is 5.03. The molecule has 0 amide bonds. The SMILES string of the molecule is Clc1ccccc1N1CCN(CC2CCCNC2)CC1. The van der Waals surface area contributed by atoms with E-state index in [1.54, 1.807) is 0 Å². The molecule has 4 heteroatoms. The van der Waals surface area contributed by atoms with Gasteiger partial charge in [0.1, 0.15) is 0 Å². The third kappa shape index (κ3) is 3.46. The van der Waals surface area contributed by atoms with Crippen LogP contribution in [0, 0.1) is 5.92 Å². The quantitative estimate of drug-likeness (QED) is 0.924. The summed E-state index contributed by atoms with van der Waals surface area (Å²) in [6.07, 6.45) is 2.72. The van der Waals surface area contributed by atoms with Gasteiger partial charge in [-0.25, -0.2) is 0 Å². The molecule has 1 aromatic rings. The minimum atomic E-state index is 0.843. The molecule has 1 unspecified atom stereocenters. The Morgan fingerprint density at radius 2 is 1.95 bits per heavy atom. The van der Waals surface area contributed by atoms with Crippen molar-refractivity contribution >= 4 is 17.3 Å². The molecule has 2 aliphatic heterocycles. The van der Waals surface area contributed by atoms with Gasteiger partial charge >= 0.3 is 0 Å². The highest BCUT2D eigenvalue weighted by Crippen LogP contribution is 2.26. The lowest BCUT2D eigenvalue weighted by molar-refractivity contribution is 0.199. The number of rotatable bonds is 3. The summed E-state index contributed by atoms with van der Waals surface area (Å²) in [5, 5.41) is 4.38. The first-order valence-electron chi connectivity index (χ1n) is 7.75. The van der Waals surface area contributed by atoms with E-state index in [9.17, 15) is 0 Å². The number of nitrogens with one attached hydrogen (secondary N) is 1. The molecular formula is C16H24ClN3. The van der Waals surface area contributed by atoms with Crippen molar-refractivity contribution in [2.24, 2.45) is 5.92 Å². The first-order chi connectivity index (χ1) is 9.83. The minimum absolute atomic E-state index is 0.843. The van der Waals surface area contributed by atoms with Crippen molar-refractivity contribution in [2.45, 2.75) is 12.8 Å². The Balaban J connectivity index is 1.50. The van der Waals surface area contributed by atoms with Crippen molar-refractivity contribution in [1.82, 2.24) is 10.2 Å². The maximum atomic E-state index is 6.29. The molecule has 3 rings (SSSR count). The van der Waals surface area contributed by atoms with Gasteiger partial charge in [0, 0.05) is 32.7 Å². The number of nitrogens with zero attached hydrogens (tertiary/aromatic N) is 2. The molecule has 1 N–H and O–H groups in total. The van der Waals surface area contributed by atoms with Crippen LogP contribution in [0.2, 0.25) is 5.02 Å². The van der Waals surface area contributed by atoms with Crippen molar-refractivity contribution in [1.29, 1.82) is 0 Å². The van der Waals surface area contributed by atoms with Crippen molar-refractivity contribution in [2.75, 3.05) is 50.7 Å². The van der Waals surface area contributed by atoms with Gasteiger partial charge in [0.25, 0.3) is 0 Å². The van der Waals surface area contributed by atoms with Gasteiger partial charge in [-0.05, 0) is 44.0 Å². The second-order valence-corrected chi connectivity index (χ2v) is 6.36. The lowest BCUT2D eigenvalue weighted by Gasteiger charge is -2.38. The largest absolute Gasteiger partial charge is 0.368 e. The number of hydrogen-bond acceptors (Lipinski definition) is 3. The number of halogens is 1. The highest BCUT2D eigenvalue weighted by Gasteiger charge is 2.22. The molecule has 1 atom stereocenters.